The Morgan fingerprint density at radius 3 is 2.63 bits per heavy atom. The van der Waals surface area contributed by atoms with Gasteiger partial charge in [0.1, 0.15) is 0 Å². The number of hydrogen-bond donors (Lipinski definition) is 1. The molecule has 0 aromatic rings. The van der Waals surface area contributed by atoms with Gasteiger partial charge in [-0.05, 0) is 39.2 Å². The molecule has 2 unspecified atom stereocenters. The smallest absolute Gasteiger partial charge is 0.224 e. The maximum absolute atomic E-state index is 12.5. The number of amides is 1. The maximum atomic E-state index is 12.5. The lowest BCUT2D eigenvalue weighted by atomic mass is 9.93. The Bertz CT molecular complexity index is 351. The van der Waals surface area contributed by atoms with Crippen LogP contribution < -0.4 is 5.73 Å². The number of fused-ring (bicyclic) bond motifs is 2. The number of carbonyl (C=O) groups excluding carboxylic acids is 1. The Hall–Kier alpha value is -0.610. The summed E-state index contributed by atoms with van der Waals surface area (Å²) in [6, 6.07) is 1.27. The molecule has 108 valence electrons. The minimum absolute atomic E-state index is 0.200. The molecule has 3 rings (SSSR count). The van der Waals surface area contributed by atoms with Gasteiger partial charge in [0.25, 0.3) is 0 Å². The van der Waals surface area contributed by atoms with E-state index in [-0.39, 0.29) is 5.54 Å². The molecule has 2 bridgehead atoms. The van der Waals surface area contributed by atoms with Crippen molar-refractivity contribution in [1.82, 2.24) is 9.80 Å². The van der Waals surface area contributed by atoms with E-state index in [0.29, 0.717) is 24.4 Å². The second-order valence-corrected chi connectivity index (χ2v) is 6.93. The number of likely N-dealkylation sites (tertiary alicyclic amines) is 1. The normalized spacial score (nSPS) is 34.5. The summed E-state index contributed by atoms with van der Waals surface area (Å²) in [5, 5.41) is 0. The highest BCUT2D eigenvalue weighted by Crippen LogP contribution is 2.32. The van der Waals surface area contributed by atoms with Crippen molar-refractivity contribution in [2.24, 2.45) is 5.73 Å². The summed E-state index contributed by atoms with van der Waals surface area (Å²) < 4.78 is 0. The van der Waals surface area contributed by atoms with Gasteiger partial charge in [-0.3, -0.25) is 9.69 Å². The van der Waals surface area contributed by atoms with E-state index in [9.17, 15) is 4.79 Å². The zero-order chi connectivity index (χ0) is 13.5. The molecule has 1 amide bonds. The molecule has 2 heterocycles. The first-order chi connectivity index (χ1) is 9.07. The molecule has 3 aliphatic rings. The third kappa shape index (κ3) is 2.65. The topological polar surface area (TPSA) is 49.6 Å². The number of rotatable bonds is 2. The van der Waals surface area contributed by atoms with Gasteiger partial charge in [-0.15, -0.1) is 0 Å². The molecule has 0 radical (unpaired) electrons. The minimum atomic E-state index is -0.200. The molecule has 0 spiro atoms. The predicted molar refractivity (Wildman–Crippen MR) is 75.8 cm³/mol. The maximum Gasteiger partial charge on any atom is 0.224 e. The van der Waals surface area contributed by atoms with E-state index in [1.807, 2.05) is 0 Å². The first-order valence-corrected chi connectivity index (χ1v) is 7.86. The van der Waals surface area contributed by atoms with Gasteiger partial charge in [0.15, 0.2) is 0 Å². The molecule has 1 saturated carbocycles. The van der Waals surface area contributed by atoms with E-state index in [4.69, 9.17) is 5.73 Å². The lowest BCUT2D eigenvalue weighted by Gasteiger charge is -2.30. The Morgan fingerprint density at radius 2 is 1.89 bits per heavy atom. The van der Waals surface area contributed by atoms with Crippen molar-refractivity contribution in [1.29, 1.82) is 0 Å². The number of nitrogens with zero attached hydrogens (tertiary/aromatic N) is 2. The van der Waals surface area contributed by atoms with Gasteiger partial charge >= 0.3 is 0 Å². The van der Waals surface area contributed by atoms with E-state index in [0.717, 1.165) is 32.4 Å². The highest BCUT2D eigenvalue weighted by atomic mass is 16.2. The standard InChI is InChI=1S/C15H27N3O/c1-17-12-4-5-13(17)11-18(9-6-12)14(19)10-15(16)7-2-3-8-15/h12-13H,2-11,16H2,1H3. The van der Waals surface area contributed by atoms with E-state index in [1.54, 1.807) is 0 Å². The monoisotopic (exact) mass is 265 g/mol. The molecule has 1 aliphatic carbocycles. The van der Waals surface area contributed by atoms with Crippen LogP contribution in [0.15, 0.2) is 0 Å². The van der Waals surface area contributed by atoms with Gasteiger partial charge in [0.05, 0.1) is 0 Å². The van der Waals surface area contributed by atoms with Gasteiger partial charge in [-0.1, -0.05) is 12.8 Å². The third-order valence-electron chi connectivity index (χ3n) is 5.60. The highest BCUT2D eigenvalue weighted by Gasteiger charge is 2.38. The van der Waals surface area contributed by atoms with Gasteiger partial charge in [-0.2, -0.15) is 0 Å². The SMILES string of the molecule is CN1C2CCC1CN(C(=O)CC1(N)CCCC1)CC2. The molecular weight excluding hydrogens is 238 g/mol. The molecule has 4 nitrogen and oxygen atoms in total. The first kappa shape index (κ1) is 13.4. The second-order valence-electron chi connectivity index (χ2n) is 6.93. The van der Waals surface area contributed by atoms with Crippen molar-refractivity contribution < 1.29 is 4.79 Å². The van der Waals surface area contributed by atoms with Crippen molar-refractivity contribution in [3.05, 3.63) is 0 Å². The average Bonchev–Trinajstić information content (AvgIpc) is 2.84. The van der Waals surface area contributed by atoms with Crippen molar-refractivity contribution in [2.45, 2.75) is 69.0 Å². The summed E-state index contributed by atoms with van der Waals surface area (Å²) in [4.78, 5) is 17.1. The van der Waals surface area contributed by atoms with Crippen LogP contribution in [0, 0.1) is 0 Å². The minimum Gasteiger partial charge on any atom is -0.341 e. The summed E-state index contributed by atoms with van der Waals surface area (Å²) >= 11 is 0. The fraction of sp³-hybridized carbons (Fsp3) is 0.933. The van der Waals surface area contributed by atoms with Gasteiger partial charge in [-0.25, -0.2) is 0 Å². The predicted octanol–water partition coefficient (Wildman–Crippen LogP) is 1.34. The summed E-state index contributed by atoms with van der Waals surface area (Å²) in [5.74, 6) is 0.297. The van der Waals surface area contributed by atoms with E-state index >= 15 is 0 Å². The van der Waals surface area contributed by atoms with E-state index < -0.39 is 0 Å². The molecular formula is C15H27N3O. The summed E-state index contributed by atoms with van der Waals surface area (Å²) in [7, 11) is 2.22. The van der Waals surface area contributed by atoms with Crippen molar-refractivity contribution in [3.8, 4) is 0 Å². The molecule has 0 aromatic heterocycles. The summed E-state index contributed by atoms with van der Waals surface area (Å²) in [6.45, 7) is 1.85. The number of carbonyl (C=O) groups is 1. The van der Waals surface area contributed by atoms with Crippen LogP contribution in [0.1, 0.15) is 51.4 Å². The van der Waals surface area contributed by atoms with Crippen LogP contribution in [0.25, 0.3) is 0 Å². The van der Waals surface area contributed by atoms with E-state index in [2.05, 4.69) is 16.8 Å². The largest absolute Gasteiger partial charge is 0.341 e. The highest BCUT2D eigenvalue weighted by molar-refractivity contribution is 5.77. The van der Waals surface area contributed by atoms with E-state index in [1.165, 1.54) is 25.7 Å². The Kier molecular flexibility index (Phi) is 3.56. The molecule has 2 saturated heterocycles. The number of likely N-dealkylation sites (N-methyl/N-ethyl adjacent to an activating group) is 1. The lowest BCUT2D eigenvalue weighted by molar-refractivity contribution is -0.132. The van der Waals surface area contributed by atoms with Crippen molar-refractivity contribution in [3.63, 3.8) is 0 Å². The van der Waals surface area contributed by atoms with Gasteiger partial charge in [0, 0.05) is 37.1 Å². The Morgan fingerprint density at radius 1 is 1.21 bits per heavy atom. The number of nitrogens with two attached hydrogens (primary N) is 1. The fourth-order valence-corrected chi connectivity index (χ4v) is 4.20. The van der Waals surface area contributed by atoms with Crippen LogP contribution in [0.4, 0.5) is 0 Å². The van der Waals surface area contributed by atoms with Crippen LogP contribution in [0.3, 0.4) is 0 Å². The van der Waals surface area contributed by atoms with Crippen LogP contribution in [0.2, 0.25) is 0 Å². The lowest BCUT2D eigenvalue weighted by Crippen LogP contribution is -2.46. The Labute approximate surface area is 116 Å². The van der Waals surface area contributed by atoms with Crippen LogP contribution >= 0.6 is 0 Å². The fourth-order valence-electron chi connectivity index (χ4n) is 4.20. The zero-order valence-electron chi connectivity index (χ0n) is 12.1. The van der Waals surface area contributed by atoms with Crippen molar-refractivity contribution in [2.75, 3.05) is 20.1 Å². The molecule has 4 heteroatoms. The quantitative estimate of drug-likeness (QED) is 0.820. The second kappa shape index (κ2) is 5.06. The zero-order valence-corrected chi connectivity index (χ0v) is 12.1. The van der Waals surface area contributed by atoms with Crippen LogP contribution in [-0.4, -0.2) is 53.5 Å². The summed E-state index contributed by atoms with van der Waals surface area (Å²) in [6.07, 6.45) is 8.69. The Balaban J connectivity index is 1.61. The molecule has 2 aliphatic heterocycles. The molecule has 2 atom stereocenters. The molecule has 0 aromatic carbocycles. The van der Waals surface area contributed by atoms with Crippen LogP contribution in [0.5, 0.6) is 0 Å². The average molecular weight is 265 g/mol. The van der Waals surface area contributed by atoms with Gasteiger partial charge in [0.2, 0.25) is 5.91 Å². The molecule has 3 fully saturated rings. The molecule has 2 N–H and O–H groups in total. The molecule has 19 heavy (non-hydrogen) atoms. The van der Waals surface area contributed by atoms with Crippen molar-refractivity contribution >= 4 is 5.91 Å². The number of hydrogen-bond acceptors (Lipinski definition) is 3. The first-order valence-electron chi connectivity index (χ1n) is 7.86. The summed E-state index contributed by atoms with van der Waals surface area (Å²) in [5.41, 5.74) is 6.15. The van der Waals surface area contributed by atoms with Crippen LogP contribution in [-0.2, 0) is 4.79 Å². The third-order valence-corrected chi connectivity index (χ3v) is 5.60. The van der Waals surface area contributed by atoms with Gasteiger partial charge < -0.3 is 10.6 Å².